The van der Waals surface area contributed by atoms with Gasteiger partial charge in [0.05, 0.1) is 0 Å². The van der Waals surface area contributed by atoms with Gasteiger partial charge in [0.25, 0.3) is 0 Å². The monoisotopic (exact) mass is 234 g/mol. The predicted octanol–water partition coefficient (Wildman–Crippen LogP) is 4.40. The maximum absolute atomic E-state index is 2.63. The zero-order chi connectivity index (χ0) is 11.1. The Balaban J connectivity index is 1.66. The summed E-state index contributed by atoms with van der Waals surface area (Å²) in [7, 11) is -0.865. The molecule has 0 aromatic carbocycles. The normalized spacial score (nSPS) is 58.3. The summed E-state index contributed by atoms with van der Waals surface area (Å²) in [6.07, 6.45) is 8.14. The predicted molar refractivity (Wildman–Crippen MR) is 71.1 cm³/mol. The van der Waals surface area contributed by atoms with Crippen molar-refractivity contribution in [1.82, 2.24) is 0 Å². The highest BCUT2D eigenvalue weighted by molar-refractivity contribution is 6.77. The molecule has 0 saturated heterocycles. The average Bonchev–Trinajstić information content (AvgIpc) is 2.94. The Morgan fingerprint density at radius 1 is 0.750 bits per heavy atom. The van der Waals surface area contributed by atoms with Gasteiger partial charge in [-0.1, -0.05) is 19.6 Å². The minimum atomic E-state index is -0.865. The van der Waals surface area contributed by atoms with E-state index in [1.807, 2.05) is 0 Å². The lowest BCUT2D eigenvalue weighted by Crippen LogP contribution is -2.39. The number of rotatable bonds is 1. The summed E-state index contributed by atoms with van der Waals surface area (Å²) < 4.78 is 0. The van der Waals surface area contributed by atoms with E-state index in [2.05, 4.69) is 19.6 Å². The van der Waals surface area contributed by atoms with E-state index >= 15 is 0 Å². The van der Waals surface area contributed by atoms with Crippen molar-refractivity contribution in [3.63, 3.8) is 0 Å². The first-order chi connectivity index (χ1) is 7.55. The van der Waals surface area contributed by atoms with Crippen molar-refractivity contribution in [2.45, 2.75) is 57.3 Å². The lowest BCUT2D eigenvalue weighted by atomic mass is 9.71. The van der Waals surface area contributed by atoms with E-state index in [-0.39, 0.29) is 0 Å². The zero-order valence-electron chi connectivity index (χ0n) is 11.1. The van der Waals surface area contributed by atoms with Crippen LogP contribution in [0.2, 0.25) is 25.2 Å². The smallest absolute Gasteiger partial charge is 0.0476 e. The second-order valence-electron chi connectivity index (χ2n) is 8.36. The van der Waals surface area contributed by atoms with Crippen LogP contribution in [0.25, 0.3) is 0 Å². The van der Waals surface area contributed by atoms with E-state index in [0.29, 0.717) is 0 Å². The molecule has 7 atom stereocenters. The van der Waals surface area contributed by atoms with Crippen molar-refractivity contribution >= 4 is 8.07 Å². The molecule has 0 spiro atoms. The lowest BCUT2D eigenvalue weighted by molar-refractivity contribution is 0.144. The van der Waals surface area contributed by atoms with Gasteiger partial charge in [-0.25, -0.2) is 0 Å². The van der Waals surface area contributed by atoms with Crippen LogP contribution in [-0.4, -0.2) is 8.07 Å². The van der Waals surface area contributed by atoms with Crippen molar-refractivity contribution in [2.24, 2.45) is 35.5 Å². The zero-order valence-corrected chi connectivity index (χ0v) is 12.1. The molecule has 0 aromatic heterocycles. The maximum atomic E-state index is 2.63. The quantitative estimate of drug-likeness (QED) is 0.466. The lowest BCUT2D eigenvalue weighted by Gasteiger charge is -2.43. The molecule has 4 fully saturated rings. The molecule has 0 aromatic rings. The van der Waals surface area contributed by atoms with Crippen LogP contribution in [0, 0.1) is 35.5 Å². The fourth-order valence-electron chi connectivity index (χ4n) is 6.56. The Bertz CT molecular complexity index is 316. The van der Waals surface area contributed by atoms with E-state index in [1.165, 1.54) is 41.0 Å². The maximum Gasteiger partial charge on any atom is 0.0476 e. The summed E-state index contributed by atoms with van der Waals surface area (Å²) in [6.45, 7) is 7.88. The van der Waals surface area contributed by atoms with Crippen LogP contribution in [0.5, 0.6) is 0 Å². The largest absolute Gasteiger partial charge is 0.0693 e. The summed E-state index contributed by atoms with van der Waals surface area (Å²) in [5, 5.41) is 0. The molecule has 0 N–H and O–H groups in total. The van der Waals surface area contributed by atoms with E-state index < -0.39 is 8.07 Å². The second kappa shape index (κ2) is 2.96. The summed E-state index contributed by atoms with van der Waals surface area (Å²) in [5.41, 5.74) is 1.19. The van der Waals surface area contributed by atoms with Gasteiger partial charge in [0, 0.05) is 8.07 Å². The first kappa shape index (κ1) is 10.2. The summed E-state index contributed by atoms with van der Waals surface area (Å²) >= 11 is 0. The van der Waals surface area contributed by atoms with E-state index in [0.717, 1.165) is 0 Å². The Labute approximate surface area is 101 Å². The van der Waals surface area contributed by atoms with Gasteiger partial charge in [-0.3, -0.25) is 0 Å². The third kappa shape index (κ3) is 1.11. The van der Waals surface area contributed by atoms with Crippen LogP contribution in [0.3, 0.4) is 0 Å². The van der Waals surface area contributed by atoms with Gasteiger partial charge >= 0.3 is 0 Å². The molecule has 0 nitrogen and oxygen atoms in total. The van der Waals surface area contributed by atoms with Crippen molar-refractivity contribution in [1.29, 1.82) is 0 Å². The molecule has 4 aliphatic rings. The van der Waals surface area contributed by atoms with Gasteiger partial charge in [0.15, 0.2) is 0 Å². The topological polar surface area (TPSA) is 0 Å². The minimum Gasteiger partial charge on any atom is -0.0693 e. The van der Waals surface area contributed by atoms with Gasteiger partial charge in [-0.05, 0) is 73.2 Å². The molecule has 4 aliphatic carbocycles. The van der Waals surface area contributed by atoms with Crippen LogP contribution < -0.4 is 0 Å². The van der Waals surface area contributed by atoms with Crippen molar-refractivity contribution in [3.8, 4) is 0 Å². The highest BCUT2D eigenvalue weighted by Crippen LogP contribution is 2.71. The number of hydrogen-bond acceptors (Lipinski definition) is 0. The molecule has 0 radical (unpaired) electrons. The van der Waals surface area contributed by atoms with Crippen LogP contribution in [0.4, 0.5) is 0 Å². The molecule has 4 saturated carbocycles. The van der Waals surface area contributed by atoms with Gasteiger partial charge in [-0.2, -0.15) is 0 Å². The molecule has 4 bridgehead atoms. The third-order valence-electron chi connectivity index (χ3n) is 6.85. The fourth-order valence-corrected chi connectivity index (χ4v) is 9.21. The average molecular weight is 234 g/mol. The van der Waals surface area contributed by atoms with Crippen LogP contribution in [0.1, 0.15) is 32.1 Å². The molecule has 4 rings (SSSR count). The Hall–Kier alpha value is 0.217. The summed E-state index contributed by atoms with van der Waals surface area (Å²) in [6, 6.07) is 0. The molecule has 1 heteroatoms. The minimum absolute atomic E-state index is 0.865. The summed E-state index contributed by atoms with van der Waals surface area (Å²) in [4.78, 5) is 0. The summed E-state index contributed by atoms with van der Waals surface area (Å²) in [5.74, 6) is 7.18. The molecule has 16 heavy (non-hydrogen) atoms. The van der Waals surface area contributed by atoms with Gasteiger partial charge in [-0.15, -0.1) is 0 Å². The van der Waals surface area contributed by atoms with Crippen LogP contribution in [0.15, 0.2) is 0 Å². The Kier molecular flexibility index (Phi) is 1.88. The third-order valence-corrected chi connectivity index (χ3v) is 9.73. The number of fused-ring (bicyclic) bond motifs is 9. The molecule has 0 heterocycles. The highest BCUT2D eigenvalue weighted by Gasteiger charge is 2.63. The van der Waals surface area contributed by atoms with Gasteiger partial charge < -0.3 is 0 Å². The molecule has 7 unspecified atom stereocenters. The van der Waals surface area contributed by atoms with Crippen molar-refractivity contribution in [3.05, 3.63) is 0 Å². The molecule has 0 amide bonds. The second-order valence-corrected chi connectivity index (χ2v) is 13.8. The molecular weight excluding hydrogens is 208 g/mol. The fraction of sp³-hybridized carbons (Fsp3) is 1.00. The van der Waals surface area contributed by atoms with E-state index in [4.69, 9.17) is 0 Å². The Morgan fingerprint density at radius 3 is 2.12 bits per heavy atom. The van der Waals surface area contributed by atoms with Crippen LogP contribution in [-0.2, 0) is 0 Å². The SMILES string of the molecule is C[Si](C)(C)C1CC2CC1C1C3CCC(C3)C21. The molecule has 0 aliphatic heterocycles. The standard InChI is InChI=1S/C15H26Si/c1-16(2,3)13-8-11-7-12(13)15-10-5-4-9(6-10)14(11)15/h9-15H,4-8H2,1-3H3. The van der Waals surface area contributed by atoms with Gasteiger partial charge in [0.1, 0.15) is 0 Å². The van der Waals surface area contributed by atoms with E-state index in [9.17, 15) is 0 Å². The first-order valence-electron chi connectivity index (χ1n) is 7.55. The highest BCUT2D eigenvalue weighted by atomic mass is 28.3. The molecular formula is C15H26Si. The van der Waals surface area contributed by atoms with Crippen molar-refractivity contribution in [2.75, 3.05) is 0 Å². The van der Waals surface area contributed by atoms with E-state index in [1.54, 1.807) is 32.1 Å². The Morgan fingerprint density at radius 2 is 1.44 bits per heavy atom. The number of hydrogen-bond donors (Lipinski definition) is 0. The molecule has 90 valence electrons. The van der Waals surface area contributed by atoms with Crippen LogP contribution >= 0.6 is 0 Å². The van der Waals surface area contributed by atoms with Gasteiger partial charge in [0.2, 0.25) is 0 Å². The van der Waals surface area contributed by atoms with Crippen molar-refractivity contribution < 1.29 is 0 Å². The first-order valence-corrected chi connectivity index (χ1v) is 11.1.